The molecular formula is C22H24Cl3N9O5SSi. The van der Waals surface area contributed by atoms with Gasteiger partial charge in [0.1, 0.15) is 14.8 Å². The molecule has 0 radical (unpaired) electrons. The van der Waals surface area contributed by atoms with E-state index in [0.717, 1.165) is 0 Å². The molecule has 14 nitrogen and oxygen atoms in total. The van der Waals surface area contributed by atoms with Gasteiger partial charge in [0.2, 0.25) is 9.23 Å². The zero-order chi connectivity index (χ0) is 31.3. The van der Waals surface area contributed by atoms with E-state index in [-0.39, 0.29) is 18.0 Å². The van der Waals surface area contributed by atoms with E-state index in [4.69, 9.17) is 26.4 Å². The molecule has 41 heavy (non-hydrogen) atoms. The van der Waals surface area contributed by atoms with Crippen molar-refractivity contribution in [3.05, 3.63) is 95.1 Å². The number of nitrogens with zero attached hydrogens (tertiary/aromatic N) is 9. The van der Waals surface area contributed by atoms with Gasteiger partial charge in [0.15, 0.2) is 0 Å². The van der Waals surface area contributed by atoms with Gasteiger partial charge in [-0.1, -0.05) is 24.9 Å². The van der Waals surface area contributed by atoms with Crippen molar-refractivity contribution in [2.24, 2.45) is 15.1 Å². The smallest absolute Gasteiger partial charge is 0.335 e. The highest BCUT2D eigenvalue weighted by Crippen LogP contribution is 2.16. The third kappa shape index (κ3) is 19.8. The third-order valence-corrected chi connectivity index (χ3v) is 4.59. The van der Waals surface area contributed by atoms with Gasteiger partial charge < -0.3 is 5.11 Å². The standard InChI is InChI=1S/C7H6N4O.C6H4ClNO.C6H5NO2.C3H9N3Si.Cl2OS/c12-7-5-9-10-11(7)6-1-3-8-4-2-6;7-6(9)5-1-3-8-4-2-5;8-6(9)5-1-3-7-4-2-5;1-7(2,3)6-5-4;1-4(2)3/h1-4H,5H2;1-4H;1-4H,(H,8,9);1-3H3;. The van der Waals surface area contributed by atoms with Crippen LogP contribution in [0.4, 0.5) is 5.69 Å². The molecule has 4 heterocycles. The van der Waals surface area contributed by atoms with Gasteiger partial charge in [0.05, 0.1) is 11.3 Å². The molecule has 1 aliphatic rings. The van der Waals surface area contributed by atoms with Crippen LogP contribution in [0.3, 0.4) is 0 Å². The zero-order valence-electron chi connectivity index (χ0n) is 21.8. The van der Waals surface area contributed by atoms with E-state index in [0.29, 0.717) is 11.3 Å². The molecule has 0 unspecified atom stereocenters. The Kier molecular flexibility index (Phi) is 19.1. The Morgan fingerprint density at radius 2 is 1.37 bits per heavy atom. The van der Waals surface area contributed by atoms with Gasteiger partial charge in [-0.2, -0.15) is 10.1 Å². The molecule has 0 spiro atoms. The van der Waals surface area contributed by atoms with Crippen molar-refractivity contribution in [2.75, 3.05) is 11.6 Å². The van der Waals surface area contributed by atoms with Gasteiger partial charge in [0, 0.05) is 64.1 Å². The Balaban J connectivity index is 0.000000507. The molecule has 3 aromatic heterocycles. The third-order valence-electron chi connectivity index (χ3n) is 3.68. The fraction of sp³-hybridized carbons (Fsp3) is 0.182. The quantitative estimate of drug-likeness (QED) is 0.112. The summed E-state index contributed by atoms with van der Waals surface area (Å²) >= 11 is 5.14. The minimum absolute atomic E-state index is 0.110. The van der Waals surface area contributed by atoms with Crippen LogP contribution >= 0.6 is 33.0 Å². The molecule has 3 aromatic rings. The van der Waals surface area contributed by atoms with Crippen LogP contribution in [0.25, 0.3) is 10.4 Å². The van der Waals surface area contributed by atoms with Gasteiger partial charge in [-0.15, -0.1) is 4.78 Å². The van der Waals surface area contributed by atoms with Gasteiger partial charge in [0.25, 0.3) is 11.1 Å². The summed E-state index contributed by atoms with van der Waals surface area (Å²) in [6.45, 7) is 6.12. The lowest BCUT2D eigenvalue weighted by Gasteiger charge is -2.07. The molecule has 0 aliphatic carbocycles. The molecule has 0 aromatic carbocycles. The Hall–Kier alpha value is -3.79. The number of azide groups is 1. The average molecular weight is 661 g/mol. The highest BCUT2D eigenvalue weighted by molar-refractivity contribution is 8.26. The van der Waals surface area contributed by atoms with E-state index < -0.39 is 28.7 Å². The van der Waals surface area contributed by atoms with Crippen LogP contribution in [-0.2, 0) is 14.0 Å². The second-order valence-corrected chi connectivity index (χ2v) is 15.3. The van der Waals surface area contributed by atoms with Crippen LogP contribution in [0.15, 0.2) is 88.7 Å². The second kappa shape index (κ2) is 21.0. The Morgan fingerprint density at radius 3 is 1.61 bits per heavy atom. The van der Waals surface area contributed by atoms with Crippen LogP contribution in [-0.4, -0.2) is 56.2 Å². The first-order chi connectivity index (χ1) is 19.3. The van der Waals surface area contributed by atoms with Crippen molar-refractivity contribution >= 4 is 73.2 Å². The molecule has 1 aliphatic heterocycles. The molecule has 0 saturated carbocycles. The van der Waals surface area contributed by atoms with Crippen molar-refractivity contribution in [1.29, 1.82) is 0 Å². The lowest BCUT2D eigenvalue weighted by atomic mass is 10.3. The lowest BCUT2D eigenvalue weighted by molar-refractivity contribution is -0.116. The minimum atomic E-state index is -1.67. The molecule has 0 fully saturated rings. The summed E-state index contributed by atoms with van der Waals surface area (Å²) in [7, 11) is 5.91. The van der Waals surface area contributed by atoms with Gasteiger partial charge in [-0.3, -0.25) is 24.5 Å². The Morgan fingerprint density at radius 1 is 0.951 bits per heavy atom. The van der Waals surface area contributed by atoms with Crippen LogP contribution < -0.4 is 5.01 Å². The van der Waals surface area contributed by atoms with Crippen molar-refractivity contribution < 1.29 is 23.7 Å². The summed E-state index contributed by atoms with van der Waals surface area (Å²) < 4.78 is 12.7. The van der Waals surface area contributed by atoms with Crippen LogP contribution in [0, 0.1) is 0 Å². The SMILES string of the molecule is C[Si](C)(C)N=[N+]=[N-].O=C(Cl)c1ccncc1.O=C(O)c1ccncc1.O=C1CN=NN1c1ccncc1.O=S(Cl)Cl. The van der Waals surface area contributed by atoms with Crippen LogP contribution in [0.2, 0.25) is 19.6 Å². The van der Waals surface area contributed by atoms with E-state index in [1.54, 1.807) is 36.7 Å². The summed E-state index contributed by atoms with van der Waals surface area (Å²) in [4.78, 5) is 45.6. The molecular weight excluding hydrogens is 637 g/mol. The Labute approximate surface area is 252 Å². The van der Waals surface area contributed by atoms with Gasteiger partial charge >= 0.3 is 5.97 Å². The maximum absolute atomic E-state index is 11.1. The molecule has 0 saturated heterocycles. The molecule has 218 valence electrons. The van der Waals surface area contributed by atoms with E-state index in [9.17, 15) is 14.4 Å². The maximum atomic E-state index is 11.1. The lowest BCUT2D eigenvalue weighted by Crippen LogP contribution is -2.21. The molecule has 0 atom stereocenters. The summed E-state index contributed by atoms with van der Waals surface area (Å²) in [5.41, 5.74) is 9.35. The number of carboxylic acid groups (broad SMARTS) is 1. The number of hydrogen-bond acceptors (Lipinski definition) is 10. The number of rotatable bonds is 4. The van der Waals surface area contributed by atoms with E-state index in [1.807, 2.05) is 19.6 Å². The number of hydrogen-bond donors (Lipinski definition) is 1. The summed E-state index contributed by atoms with van der Waals surface area (Å²) in [6.07, 6.45) is 9.16. The fourth-order valence-electron chi connectivity index (χ4n) is 2.06. The molecule has 19 heteroatoms. The van der Waals surface area contributed by atoms with E-state index in [1.165, 1.54) is 41.9 Å². The zero-order valence-corrected chi connectivity index (χ0v) is 25.9. The summed E-state index contributed by atoms with van der Waals surface area (Å²) in [6, 6.07) is 9.44. The molecule has 4 rings (SSSR count). The number of aromatic carboxylic acids is 1. The monoisotopic (exact) mass is 659 g/mol. The van der Waals surface area contributed by atoms with Crippen LogP contribution in [0.5, 0.6) is 0 Å². The first kappa shape index (κ1) is 37.2. The van der Waals surface area contributed by atoms with E-state index in [2.05, 4.69) is 56.3 Å². The first-order valence-electron chi connectivity index (χ1n) is 10.9. The average Bonchev–Trinajstić information content (AvgIpc) is 3.36. The number of anilines is 1. The molecule has 0 bridgehead atoms. The predicted molar refractivity (Wildman–Crippen MR) is 159 cm³/mol. The maximum Gasteiger partial charge on any atom is 0.335 e. The molecule has 1 amide bonds. The normalized spacial score (nSPS) is 11.1. The van der Waals surface area contributed by atoms with Crippen molar-refractivity contribution in [3.8, 4) is 0 Å². The van der Waals surface area contributed by atoms with Crippen molar-refractivity contribution in [2.45, 2.75) is 19.6 Å². The van der Waals surface area contributed by atoms with E-state index >= 15 is 0 Å². The summed E-state index contributed by atoms with van der Waals surface area (Å²) in [5.74, 6) is -1.03. The predicted octanol–water partition coefficient (Wildman–Crippen LogP) is 6.21. The number of carboxylic acids is 1. The number of carbonyl (C=O) groups excluding carboxylic acids is 2. The topological polar surface area (TPSA) is 204 Å². The number of amides is 1. The van der Waals surface area contributed by atoms with Gasteiger partial charge in [-0.05, 0) is 58.4 Å². The minimum Gasteiger partial charge on any atom is -0.478 e. The Bertz CT molecular complexity index is 1280. The first-order valence-corrected chi connectivity index (χ1v) is 17.5. The van der Waals surface area contributed by atoms with Crippen LogP contribution in [0.1, 0.15) is 20.7 Å². The molecule has 1 N–H and O–H groups in total. The fourth-order valence-corrected chi connectivity index (χ4v) is 2.46. The number of pyridine rings is 3. The number of aromatic nitrogens is 3. The highest BCUT2D eigenvalue weighted by atomic mass is 36.0. The highest BCUT2D eigenvalue weighted by Gasteiger charge is 2.19. The van der Waals surface area contributed by atoms with Crippen molar-refractivity contribution in [1.82, 2.24) is 15.0 Å². The largest absolute Gasteiger partial charge is 0.478 e. The second-order valence-electron chi connectivity index (χ2n) is 7.90. The number of carbonyl (C=O) groups is 3. The van der Waals surface area contributed by atoms with Crippen molar-refractivity contribution in [3.63, 3.8) is 0 Å². The number of halogens is 3. The van der Waals surface area contributed by atoms with Gasteiger partial charge in [-0.25, -0.2) is 9.00 Å². The summed E-state index contributed by atoms with van der Waals surface area (Å²) in [5, 5.41) is 16.4.